The molecule has 0 aromatic heterocycles. The molecule has 0 bridgehead atoms. The predicted molar refractivity (Wildman–Crippen MR) is 146 cm³/mol. The Labute approximate surface area is 207 Å². The second-order valence-electron chi connectivity index (χ2n) is 10.3. The van der Waals surface area contributed by atoms with Gasteiger partial charge in [0.25, 0.3) is 0 Å². The highest BCUT2D eigenvalue weighted by Gasteiger charge is 2.09. The smallest absolute Gasteiger partial charge is 0.313 e. The van der Waals surface area contributed by atoms with Gasteiger partial charge in [-0.2, -0.15) is 0 Å². The Morgan fingerprint density at radius 2 is 0.636 bits per heavy atom. The Balaban J connectivity index is 3.03. The summed E-state index contributed by atoms with van der Waals surface area (Å²) in [5, 5.41) is 2.26. The Kier molecular flexibility index (Phi) is 26.8. The van der Waals surface area contributed by atoms with Crippen molar-refractivity contribution in [3.8, 4) is 0 Å². The molecular weight excluding hydrogens is 429 g/mol. The fourth-order valence-corrected chi connectivity index (χ4v) is 5.11. The van der Waals surface area contributed by atoms with Gasteiger partial charge in [-0.05, 0) is 6.42 Å². The van der Waals surface area contributed by atoms with Crippen LogP contribution in [0.25, 0.3) is 0 Å². The molecule has 0 heterocycles. The molecule has 5 heteroatoms. The largest absolute Gasteiger partial charge is 0.400 e. The fraction of sp³-hybridized carbons (Fsp3) is 1.00. The van der Waals surface area contributed by atoms with Gasteiger partial charge in [0.1, 0.15) is 0 Å². The highest BCUT2D eigenvalue weighted by atomic mass is 31.2. The zero-order valence-electron chi connectivity index (χ0n) is 22.3. The minimum Gasteiger partial charge on any atom is -0.313 e. The third-order valence-electron chi connectivity index (χ3n) is 6.85. The van der Waals surface area contributed by atoms with E-state index in [0.29, 0.717) is 6.54 Å². The van der Waals surface area contributed by atoms with Gasteiger partial charge in [-0.25, -0.2) is 9.65 Å². The van der Waals surface area contributed by atoms with Gasteiger partial charge in [0, 0.05) is 6.54 Å². The first-order chi connectivity index (χ1) is 16.1. The summed E-state index contributed by atoms with van der Waals surface area (Å²) < 4.78 is 10.7. The molecule has 0 aliphatic rings. The van der Waals surface area contributed by atoms with E-state index >= 15 is 0 Å². The molecule has 3 N–H and O–H groups in total. The summed E-state index contributed by atoms with van der Waals surface area (Å²) in [6, 6.07) is 0. The lowest BCUT2D eigenvalue weighted by Crippen LogP contribution is -2.10. The van der Waals surface area contributed by atoms with Crippen LogP contribution in [0.1, 0.15) is 174 Å². The first kappa shape index (κ1) is 33.1. The lowest BCUT2D eigenvalue weighted by Gasteiger charge is -2.06. The van der Waals surface area contributed by atoms with Crippen molar-refractivity contribution < 1.29 is 14.4 Å². The van der Waals surface area contributed by atoms with Crippen LogP contribution in [-0.2, 0) is 4.57 Å². The van der Waals surface area contributed by atoms with Gasteiger partial charge in [0.15, 0.2) is 0 Å². The third kappa shape index (κ3) is 32.1. The summed E-state index contributed by atoms with van der Waals surface area (Å²) in [5.74, 6) is 0. The standard InChI is InChI=1S/C28H60NO3P/c1-2-3-4-5-6-7-8-9-10-11-12-13-14-15-16-17-18-19-20-21-22-23-24-25-26-27-28-29-33(30,31)32/h2-28H2,1H3,(H3,29,30,31,32). The van der Waals surface area contributed by atoms with Gasteiger partial charge < -0.3 is 9.79 Å². The second kappa shape index (κ2) is 26.7. The van der Waals surface area contributed by atoms with Gasteiger partial charge in [-0.1, -0.05) is 167 Å². The molecule has 0 saturated carbocycles. The van der Waals surface area contributed by atoms with Crippen molar-refractivity contribution in [2.75, 3.05) is 6.54 Å². The van der Waals surface area contributed by atoms with E-state index < -0.39 is 7.75 Å². The summed E-state index contributed by atoms with van der Waals surface area (Å²) in [6.07, 6.45) is 35.8. The lowest BCUT2D eigenvalue weighted by atomic mass is 10.0. The Morgan fingerprint density at radius 3 is 0.848 bits per heavy atom. The van der Waals surface area contributed by atoms with Crippen LogP contribution in [0.4, 0.5) is 0 Å². The van der Waals surface area contributed by atoms with E-state index in [9.17, 15) is 4.57 Å². The minimum absolute atomic E-state index is 0.420. The molecular formula is C28H60NO3P. The molecule has 0 atom stereocenters. The van der Waals surface area contributed by atoms with Crippen molar-refractivity contribution in [2.24, 2.45) is 0 Å². The zero-order valence-corrected chi connectivity index (χ0v) is 23.2. The average Bonchev–Trinajstić information content (AvgIpc) is 2.78. The van der Waals surface area contributed by atoms with Gasteiger partial charge in [-0.15, -0.1) is 0 Å². The van der Waals surface area contributed by atoms with Crippen LogP contribution in [0.2, 0.25) is 0 Å². The maximum Gasteiger partial charge on any atom is 0.400 e. The molecule has 4 nitrogen and oxygen atoms in total. The van der Waals surface area contributed by atoms with E-state index in [1.165, 1.54) is 154 Å². The quantitative estimate of drug-likeness (QED) is 0.0755. The van der Waals surface area contributed by atoms with E-state index in [1.807, 2.05) is 0 Å². The number of nitrogens with one attached hydrogen (secondary N) is 1. The number of rotatable bonds is 28. The van der Waals surface area contributed by atoms with E-state index in [1.54, 1.807) is 0 Å². The molecule has 0 rings (SSSR count). The Hall–Kier alpha value is 0.110. The fourth-order valence-electron chi connectivity index (χ4n) is 4.67. The summed E-state index contributed by atoms with van der Waals surface area (Å²) in [4.78, 5) is 17.4. The highest BCUT2D eigenvalue weighted by Crippen LogP contribution is 2.27. The zero-order chi connectivity index (χ0) is 24.3. The molecule has 200 valence electrons. The van der Waals surface area contributed by atoms with Gasteiger partial charge in [0.05, 0.1) is 0 Å². The third-order valence-corrected chi connectivity index (χ3v) is 7.48. The van der Waals surface area contributed by atoms with E-state index in [4.69, 9.17) is 9.79 Å². The van der Waals surface area contributed by atoms with Crippen molar-refractivity contribution in [3.63, 3.8) is 0 Å². The monoisotopic (exact) mass is 489 g/mol. The van der Waals surface area contributed by atoms with Crippen LogP contribution in [0.3, 0.4) is 0 Å². The molecule has 0 spiro atoms. The second-order valence-corrected chi connectivity index (χ2v) is 11.7. The molecule has 0 saturated heterocycles. The van der Waals surface area contributed by atoms with Gasteiger partial charge in [0.2, 0.25) is 0 Å². The van der Waals surface area contributed by atoms with Crippen molar-refractivity contribution in [2.45, 2.75) is 174 Å². The van der Waals surface area contributed by atoms with Crippen molar-refractivity contribution in [1.29, 1.82) is 0 Å². The van der Waals surface area contributed by atoms with E-state index in [2.05, 4.69) is 12.0 Å². The summed E-state index contributed by atoms with van der Waals surface area (Å²) >= 11 is 0. The van der Waals surface area contributed by atoms with Gasteiger partial charge >= 0.3 is 7.75 Å². The Morgan fingerprint density at radius 1 is 0.424 bits per heavy atom. The predicted octanol–water partition coefficient (Wildman–Crippen LogP) is 9.83. The SMILES string of the molecule is CCCCCCCCCCCCCCCCCCCCCCCCCCCCNP(=O)(O)O. The normalized spacial score (nSPS) is 12.0. The van der Waals surface area contributed by atoms with Gasteiger partial charge in [-0.3, -0.25) is 0 Å². The van der Waals surface area contributed by atoms with Crippen LogP contribution in [0, 0.1) is 0 Å². The van der Waals surface area contributed by atoms with Crippen LogP contribution in [0.5, 0.6) is 0 Å². The molecule has 0 amide bonds. The van der Waals surface area contributed by atoms with Crippen molar-refractivity contribution in [1.82, 2.24) is 5.09 Å². The van der Waals surface area contributed by atoms with Crippen molar-refractivity contribution >= 4 is 7.75 Å². The van der Waals surface area contributed by atoms with Crippen LogP contribution in [0.15, 0.2) is 0 Å². The van der Waals surface area contributed by atoms with E-state index in [-0.39, 0.29) is 0 Å². The van der Waals surface area contributed by atoms with Crippen LogP contribution >= 0.6 is 7.75 Å². The number of hydrogen-bond acceptors (Lipinski definition) is 1. The summed E-state index contributed by atoms with van der Waals surface area (Å²) in [6.45, 7) is 2.71. The molecule has 0 fully saturated rings. The lowest BCUT2D eigenvalue weighted by molar-refractivity contribution is 0.356. The Bertz CT molecular complexity index is 414. The maximum atomic E-state index is 10.7. The average molecular weight is 490 g/mol. The molecule has 0 aromatic rings. The first-order valence-electron chi connectivity index (χ1n) is 14.9. The summed E-state index contributed by atoms with van der Waals surface area (Å²) in [5.41, 5.74) is 0. The molecule has 0 aromatic carbocycles. The highest BCUT2D eigenvalue weighted by molar-refractivity contribution is 7.49. The maximum absolute atomic E-state index is 10.7. The van der Waals surface area contributed by atoms with Crippen LogP contribution in [-0.4, -0.2) is 16.3 Å². The molecule has 0 aliphatic heterocycles. The molecule has 0 unspecified atom stereocenters. The first-order valence-corrected chi connectivity index (χ1v) is 16.5. The summed E-state index contributed by atoms with van der Waals surface area (Å²) in [7, 11) is -4.02. The van der Waals surface area contributed by atoms with E-state index in [0.717, 1.165) is 12.8 Å². The minimum atomic E-state index is -4.02. The number of hydrogen-bond donors (Lipinski definition) is 3. The molecule has 0 aliphatic carbocycles. The topological polar surface area (TPSA) is 69.6 Å². The molecule has 33 heavy (non-hydrogen) atoms. The number of unbranched alkanes of at least 4 members (excludes halogenated alkanes) is 25. The molecule has 0 radical (unpaired) electrons. The van der Waals surface area contributed by atoms with Crippen LogP contribution < -0.4 is 5.09 Å². The van der Waals surface area contributed by atoms with Crippen molar-refractivity contribution in [3.05, 3.63) is 0 Å².